The lowest BCUT2D eigenvalue weighted by Crippen LogP contribution is -2.12. The van der Waals surface area contributed by atoms with Gasteiger partial charge in [0.2, 0.25) is 0 Å². The molecule has 1 radical (unpaired) electrons. The van der Waals surface area contributed by atoms with Crippen LogP contribution in [0.1, 0.15) is 110 Å². The first kappa shape index (κ1) is 21.5. The van der Waals surface area contributed by atoms with Gasteiger partial charge in [-0.25, -0.2) is 0 Å². The van der Waals surface area contributed by atoms with Gasteiger partial charge in [0.15, 0.2) is 0 Å². The SMILES string of the molecule is [CH2]CC(CCCCCCCCCCCCCCCC)C(=O)O. The molecule has 0 saturated carbocycles. The Balaban J connectivity index is 3.13. The van der Waals surface area contributed by atoms with E-state index in [4.69, 9.17) is 5.11 Å². The minimum atomic E-state index is -0.676. The maximum Gasteiger partial charge on any atom is 0.306 e. The Hall–Kier alpha value is -0.530. The Kier molecular flexibility index (Phi) is 16.4. The van der Waals surface area contributed by atoms with E-state index in [9.17, 15) is 4.79 Å². The topological polar surface area (TPSA) is 37.3 Å². The molecule has 1 unspecified atom stereocenters. The van der Waals surface area contributed by atoms with Gasteiger partial charge in [0.1, 0.15) is 0 Å². The molecule has 0 fully saturated rings. The molecule has 0 aliphatic carbocycles. The van der Waals surface area contributed by atoms with Gasteiger partial charge in [-0.05, 0) is 12.8 Å². The van der Waals surface area contributed by atoms with Crippen LogP contribution in [0.25, 0.3) is 0 Å². The maximum absolute atomic E-state index is 10.9. The first-order valence-electron chi connectivity index (χ1n) is 9.74. The zero-order valence-electron chi connectivity index (χ0n) is 15.0. The first-order chi connectivity index (χ1) is 10.7. The third kappa shape index (κ3) is 14.4. The van der Waals surface area contributed by atoms with E-state index < -0.39 is 5.97 Å². The van der Waals surface area contributed by atoms with E-state index in [2.05, 4.69) is 13.8 Å². The molecule has 2 heteroatoms. The van der Waals surface area contributed by atoms with Crippen LogP contribution in [0.15, 0.2) is 0 Å². The Morgan fingerprint density at radius 2 is 1.14 bits per heavy atom. The largest absolute Gasteiger partial charge is 0.481 e. The van der Waals surface area contributed by atoms with Crippen molar-refractivity contribution in [2.45, 2.75) is 110 Å². The van der Waals surface area contributed by atoms with Gasteiger partial charge in [-0.15, -0.1) is 0 Å². The molecule has 131 valence electrons. The zero-order chi connectivity index (χ0) is 16.5. The highest BCUT2D eigenvalue weighted by Gasteiger charge is 2.13. The van der Waals surface area contributed by atoms with E-state index in [1.807, 2.05) is 0 Å². The van der Waals surface area contributed by atoms with Crippen molar-refractivity contribution in [2.75, 3.05) is 0 Å². The van der Waals surface area contributed by atoms with Gasteiger partial charge in [-0.1, -0.05) is 104 Å². The van der Waals surface area contributed by atoms with E-state index in [-0.39, 0.29) is 5.92 Å². The summed E-state index contributed by atoms with van der Waals surface area (Å²) in [6, 6.07) is 0. The number of hydrogen-bond acceptors (Lipinski definition) is 1. The van der Waals surface area contributed by atoms with Crippen LogP contribution in [0.5, 0.6) is 0 Å². The maximum atomic E-state index is 10.9. The highest BCUT2D eigenvalue weighted by molar-refractivity contribution is 5.69. The molecule has 0 saturated heterocycles. The lowest BCUT2D eigenvalue weighted by molar-refractivity contribution is -0.141. The molecule has 0 spiro atoms. The molecular formula is C20H39O2. The summed E-state index contributed by atoms with van der Waals surface area (Å²) in [5.74, 6) is -0.901. The summed E-state index contributed by atoms with van der Waals surface area (Å²) in [7, 11) is 0. The Labute approximate surface area is 139 Å². The van der Waals surface area contributed by atoms with E-state index >= 15 is 0 Å². The molecule has 0 bridgehead atoms. The van der Waals surface area contributed by atoms with Crippen molar-refractivity contribution in [3.8, 4) is 0 Å². The molecule has 0 heterocycles. The van der Waals surface area contributed by atoms with Gasteiger partial charge in [-0.3, -0.25) is 4.79 Å². The third-order valence-corrected chi connectivity index (χ3v) is 4.60. The van der Waals surface area contributed by atoms with Gasteiger partial charge in [0, 0.05) is 0 Å². The molecule has 0 aromatic heterocycles. The molecule has 0 aromatic rings. The van der Waals surface area contributed by atoms with E-state index in [1.165, 1.54) is 83.5 Å². The standard InChI is InChI=1S/C20H39O2/c1-3-5-6-7-8-9-10-11-12-13-14-15-16-17-18-19(4-2)20(21)22/h19H,2-18H2,1H3,(H,21,22). The molecule has 0 aliphatic heterocycles. The lowest BCUT2D eigenvalue weighted by atomic mass is 9.98. The minimum Gasteiger partial charge on any atom is -0.481 e. The summed E-state index contributed by atoms with van der Waals surface area (Å²) in [6.07, 6.45) is 20.1. The Morgan fingerprint density at radius 3 is 1.45 bits per heavy atom. The second-order valence-corrected chi connectivity index (χ2v) is 6.71. The average Bonchev–Trinajstić information content (AvgIpc) is 2.51. The van der Waals surface area contributed by atoms with Crippen LogP contribution in [-0.2, 0) is 4.79 Å². The second-order valence-electron chi connectivity index (χ2n) is 6.71. The minimum absolute atomic E-state index is 0.225. The summed E-state index contributed by atoms with van der Waals surface area (Å²) < 4.78 is 0. The van der Waals surface area contributed by atoms with Crippen LogP contribution in [-0.4, -0.2) is 11.1 Å². The highest BCUT2D eigenvalue weighted by Crippen LogP contribution is 2.16. The zero-order valence-corrected chi connectivity index (χ0v) is 15.0. The van der Waals surface area contributed by atoms with Crippen LogP contribution >= 0.6 is 0 Å². The molecule has 22 heavy (non-hydrogen) atoms. The van der Waals surface area contributed by atoms with Crippen molar-refractivity contribution in [1.29, 1.82) is 0 Å². The third-order valence-electron chi connectivity index (χ3n) is 4.60. The number of rotatable bonds is 17. The van der Waals surface area contributed by atoms with Crippen LogP contribution in [0.2, 0.25) is 0 Å². The fourth-order valence-corrected chi connectivity index (χ4v) is 2.98. The monoisotopic (exact) mass is 311 g/mol. The van der Waals surface area contributed by atoms with Crippen molar-refractivity contribution >= 4 is 5.97 Å². The Morgan fingerprint density at radius 1 is 0.773 bits per heavy atom. The summed E-state index contributed by atoms with van der Waals surface area (Å²) in [5.41, 5.74) is 0. The fraction of sp³-hybridized carbons (Fsp3) is 0.900. The summed E-state index contributed by atoms with van der Waals surface area (Å²) in [5, 5.41) is 8.94. The number of unbranched alkanes of at least 4 members (excludes halogenated alkanes) is 13. The summed E-state index contributed by atoms with van der Waals surface area (Å²) in [4.78, 5) is 10.9. The molecule has 0 aliphatic rings. The van der Waals surface area contributed by atoms with E-state index in [0.29, 0.717) is 6.42 Å². The van der Waals surface area contributed by atoms with Crippen molar-refractivity contribution in [3.63, 3.8) is 0 Å². The van der Waals surface area contributed by atoms with E-state index in [1.54, 1.807) is 0 Å². The highest BCUT2D eigenvalue weighted by atomic mass is 16.4. The quantitative estimate of drug-likeness (QED) is 0.300. The van der Waals surface area contributed by atoms with Crippen LogP contribution in [0, 0.1) is 12.8 Å². The normalized spacial score (nSPS) is 12.5. The van der Waals surface area contributed by atoms with Gasteiger partial charge < -0.3 is 5.11 Å². The first-order valence-corrected chi connectivity index (χ1v) is 9.74. The fourth-order valence-electron chi connectivity index (χ4n) is 2.98. The van der Waals surface area contributed by atoms with Gasteiger partial charge >= 0.3 is 5.97 Å². The van der Waals surface area contributed by atoms with Gasteiger partial charge in [-0.2, -0.15) is 0 Å². The number of aliphatic carboxylic acids is 1. The number of carbonyl (C=O) groups is 1. The lowest BCUT2D eigenvalue weighted by Gasteiger charge is -2.08. The van der Waals surface area contributed by atoms with Gasteiger partial charge in [0.25, 0.3) is 0 Å². The molecule has 1 N–H and O–H groups in total. The van der Waals surface area contributed by atoms with Crippen molar-refractivity contribution in [3.05, 3.63) is 6.92 Å². The predicted molar refractivity (Wildman–Crippen MR) is 96.0 cm³/mol. The molecule has 2 nitrogen and oxygen atoms in total. The number of hydrogen-bond donors (Lipinski definition) is 1. The number of carboxylic acid groups (broad SMARTS) is 1. The van der Waals surface area contributed by atoms with Crippen LogP contribution in [0.3, 0.4) is 0 Å². The molecule has 0 rings (SSSR count). The average molecular weight is 312 g/mol. The van der Waals surface area contributed by atoms with E-state index in [0.717, 1.165) is 12.8 Å². The summed E-state index contributed by atoms with van der Waals surface area (Å²) in [6.45, 7) is 5.98. The molecule has 0 aromatic carbocycles. The molecular weight excluding hydrogens is 272 g/mol. The second kappa shape index (κ2) is 16.8. The summed E-state index contributed by atoms with van der Waals surface area (Å²) >= 11 is 0. The Bertz CT molecular complexity index is 238. The smallest absolute Gasteiger partial charge is 0.306 e. The van der Waals surface area contributed by atoms with Crippen molar-refractivity contribution < 1.29 is 9.90 Å². The number of carboxylic acids is 1. The van der Waals surface area contributed by atoms with Crippen molar-refractivity contribution in [2.24, 2.45) is 5.92 Å². The van der Waals surface area contributed by atoms with Crippen LogP contribution in [0.4, 0.5) is 0 Å². The van der Waals surface area contributed by atoms with Gasteiger partial charge in [0.05, 0.1) is 5.92 Å². The van der Waals surface area contributed by atoms with Crippen molar-refractivity contribution in [1.82, 2.24) is 0 Å². The molecule has 0 amide bonds. The molecule has 1 atom stereocenters. The predicted octanol–water partition coefficient (Wildman–Crippen LogP) is 6.78. The van der Waals surface area contributed by atoms with Crippen LogP contribution < -0.4 is 0 Å².